The molecule has 1 atom stereocenters. The fourth-order valence-corrected chi connectivity index (χ4v) is 3.70. The Kier molecular flexibility index (Phi) is 4.36. The zero-order valence-corrected chi connectivity index (χ0v) is 15.0. The molecule has 1 aliphatic carbocycles. The van der Waals surface area contributed by atoms with Gasteiger partial charge >= 0.3 is 0 Å². The van der Waals surface area contributed by atoms with Gasteiger partial charge in [0.2, 0.25) is 0 Å². The average Bonchev–Trinajstić information content (AvgIpc) is 3.53. The summed E-state index contributed by atoms with van der Waals surface area (Å²) in [4.78, 5) is 24.8. The van der Waals surface area contributed by atoms with E-state index in [9.17, 15) is 14.9 Å². The second kappa shape index (κ2) is 6.83. The number of hydrogen-bond acceptors (Lipinski definition) is 4. The lowest BCUT2D eigenvalue weighted by Crippen LogP contribution is -2.31. The zero-order valence-electron chi connectivity index (χ0n) is 15.0. The molecule has 0 amide bonds. The molecule has 1 aliphatic heterocycles. The van der Waals surface area contributed by atoms with E-state index in [0.717, 1.165) is 24.0 Å². The molecule has 0 bridgehead atoms. The Hall–Kier alpha value is -3.21. The highest BCUT2D eigenvalue weighted by Gasteiger charge is 2.44. The molecular formula is C22H20N2O3. The molecule has 1 heterocycles. The number of ketones is 1. The van der Waals surface area contributed by atoms with E-state index in [2.05, 4.69) is 5.32 Å². The highest BCUT2D eigenvalue weighted by atomic mass is 16.6. The smallest absolute Gasteiger partial charge is 0.282 e. The topological polar surface area (TPSA) is 72.2 Å². The molecule has 136 valence electrons. The second-order valence-electron chi connectivity index (χ2n) is 7.03. The largest absolute Gasteiger partial charge is 0.353 e. The summed E-state index contributed by atoms with van der Waals surface area (Å²) < 4.78 is 0. The number of hydrogen-bond donors (Lipinski definition) is 1. The first-order valence-electron chi connectivity index (χ1n) is 9.09. The van der Waals surface area contributed by atoms with Crippen molar-refractivity contribution in [1.82, 2.24) is 5.32 Å². The van der Waals surface area contributed by atoms with Crippen LogP contribution in [0.2, 0.25) is 0 Å². The summed E-state index contributed by atoms with van der Waals surface area (Å²) in [6, 6.07) is 18.5. The lowest BCUT2D eigenvalue weighted by atomic mass is 9.80. The van der Waals surface area contributed by atoms with Gasteiger partial charge in [0.05, 0.1) is 4.92 Å². The zero-order chi connectivity index (χ0) is 19.0. The predicted octanol–water partition coefficient (Wildman–Crippen LogP) is 4.27. The maximum atomic E-state index is 13.0. The van der Waals surface area contributed by atoms with Crippen molar-refractivity contribution in [2.75, 3.05) is 0 Å². The van der Waals surface area contributed by atoms with Crippen molar-refractivity contribution in [3.63, 3.8) is 0 Å². The molecule has 1 N–H and O–H groups in total. The van der Waals surface area contributed by atoms with E-state index >= 15 is 0 Å². The first kappa shape index (κ1) is 17.2. The molecule has 2 aromatic rings. The second-order valence-corrected chi connectivity index (χ2v) is 7.03. The van der Waals surface area contributed by atoms with Gasteiger partial charge in [0.1, 0.15) is 11.6 Å². The minimum Gasteiger partial charge on any atom is -0.353 e. The number of dihydropyridines is 1. The highest BCUT2D eigenvalue weighted by molar-refractivity contribution is 6.02. The third kappa shape index (κ3) is 3.16. The summed E-state index contributed by atoms with van der Waals surface area (Å²) in [5.41, 5.74) is 3.21. The van der Waals surface area contributed by atoms with E-state index in [1.807, 2.05) is 67.6 Å². The summed E-state index contributed by atoms with van der Waals surface area (Å²) in [6.07, 6.45) is 1.72. The van der Waals surface area contributed by atoms with Gasteiger partial charge < -0.3 is 5.32 Å². The van der Waals surface area contributed by atoms with Crippen LogP contribution in [-0.2, 0) is 4.79 Å². The molecule has 2 aromatic carbocycles. The number of nitro groups is 1. The van der Waals surface area contributed by atoms with Crippen molar-refractivity contribution in [3.05, 3.63) is 98.9 Å². The molecule has 27 heavy (non-hydrogen) atoms. The number of carbonyl (C=O) groups excluding carboxylic acids is 1. The van der Waals surface area contributed by atoms with E-state index in [1.165, 1.54) is 0 Å². The predicted molar refractivity (Wildman–Crippen MR) is 103 cm³/mol. The number of nitrogens with zero attached hydrogens (tertiary/aromatic N) is 1. The number of Topliss-reactive ketones (excluding diaryl/α,β-unsaturated/α-hetero) is 1. The lowest BCUT2D eigenvalue weighted by Gasteiger charge is -2.28. The molecule has 5 heteroatoms. The van der Waals surface area contributed by atoms with Crippen LogP contribution in [0.3, 0.4) is 0 Å². The van der Waals surface area contributed by atoms with Crippen LogP contribution in [0.25, 0.3) is 5.70 Å². The van der Waals surface area contributed by atoms with Crippen molar-refractivity contribution in [3.8, 4) is 0 Å². The molecule has 0 radical (unpaired) electrons. The van der Waals surface area contributed by atoms with Crippen LogP contribution < -0.4 is 5.32 Å². The van der Waals surface area contributed by atoms with Gasteiger partial charge in [0, 0.05) is 22.8 Å². The maximum Gasteiger partial charge on any atom is 0.282 e. The van der Waals surface area contributed by atoms with Crippen LogP contribution >= 0.6 is 0 Å². The lowest BCUT2D eigenvalue weighted by molar-refractivity contribution is -0.428. The van der Waals surface area contributed by atoms with Gasteiger partial charge in [-0.1, -0.05) is 60.7 Å². The van der Waals surface area contributed by atoms with Crippen LogP contribution in [0.5, 0.6) is 0 Å². The van der Waals surface area contributed by atoms with Crippen molar-refractivity contribution >= 4 is 11.5 Å². The monoisotopic (exact) mass is 360 g/mol. The Morgan fingerprint density at radius 2 is 1.63 bits per heavy atom. The molecule has 0 spiro atoms. The molecular weight excluding hydrogens is 340 g/mol. The fourth-order valence-electron chi connectivity index (χ4n) is 3.70. The highest BCUT2D eigenvalue weighted by Crippen LogP contribution is 2.45. The summed E-state index contributed by atoms with van der Waals surface area (Å²) >= 11 is 0. The minimum absolute atomic E-state index is 0.00533. The van der Waals surface area contributed by atoms with Crippen LogP contribution in [0.15, 0.2) is 77.6 Å². The first-order chi connectivity index (χ1) is 13.1. The number of rotatable bonds is 5. The third-order valence-corrected chi connectivity index (χ3v) is 5.14. The Morgan fingerprint density at radius 1 is 1.04 bits per heavy atom. The third-order valence-electron chi connectivity index (χ3n) is 5.14. The standard InChI is InChI=1S/C22H20N2O3/c1-14-18(22(25)17-12-13-17)19(15-8-4-2-5-9-15)21(24(26)27)20(23-14)16-10-6-3-7-11-16/h2-11,17,19,23H,12-13H2,1H3. The van der Waals surface area contributed by atoms with E-state index in [1.54, 1.807) is 0 Å². The van der Waals surface area contributed by atoms with Gasteiger partial charge in [-0.2, -0.15) is 0 Å². The summed E-state index contributed by atoms with van der Waals surface area (Å²) in [7, 11) is 0. The normalized spacial score (nSPS) is 19.7. The Bertz CT molecular complexity index is 958. The van der Waals surface area contributed by atoms with Crippen LogP contribution in [0.1, 0.15) is 36.8 Å². The van der Waals surface area contributed by atoms with Crippen molar-refractivity contribution in [2.45, 2.75) is 25.7 Å². The molecule has 0 saturated heterocycles. The van der Waals surface area contributed by atoms with E-state index in [0.29, 0.717) is 17.0 Å². The van der Waals surface area contributed by atoms with Crippen LogP contribution in [0, 0.1) is 16.0 Å². The summed E-state index contributed by atoms with van der Waals surface area (Å²) in [5, 5.41) is 15.3. The molecule has 5 nitrogen and oxygen atoms in total. The Labute approximate surface area is 157 Å². The van der Waals surface area contributed by atoms with Gasteiger partial charge in [-0.3, -0.25) is 14.9 Å². The van der Waals surface area contributed by atoms with Gasteiger partial charge in [-0.05, 0) is 25.3 Å². The van der Waals surface area contributed by atoms with Crippen molar-refractivity contribution < 1.29 is 9.72 Å². The Balaban J connectivity index is 1.94. The molecule has 0 aromatic heterocycles. The molecule has 1 fully saturated rings. The quantitative estimate of drug-likeness (QED) is 0.638. The van der Waals surface area contributed by atoms with E-state index in [-0.39, 0.29) is 22.3 Å². The van der Waals surface area contributed by atoms with E-state index in [4.69, 9.17) is 0 Å². The number of carbonyl (C=O) groups is 1. The van der Waals surface area contributed by atoms with Crippen LogP contribution in [-0.4, -0.2) is 10.7 Å². The summed E-state index contributed by atoms with van der Waals surface area (Å²) in [6.45, 7) is 1.84. The average molecular weight is 360 g/mol. The molecule has 2 aliphatic rings. The Morgan fingerprint density at radius 3 is 2.19 bits per heavy atom. The SMILES string of the molecule is CC1=C(C(=O)C2CC2)C(c2ccccc2)C([N+](=O)[O-])=C(c2ccccc2)N1. The molecule has 1 saturated carbocycles. The number of allylic oxidation sites excluding steroid dienone is 2. The van der Waals surface area contributed by atoms with Gasteiger partial charge in [0.15, 0.2) is 5.78 Å². The maximum absolute atomic E-state index is 13.0. The minimum atomic E-state index is -0.675. The number of benzene rings is 2. The van der Waals surface area contributed by atoms with Gasteiger partial charge in [-0.15, -0.1) is 0 Å². The van der Waals surface area contributed by atoms with Gasteiger partial charge in [0.25, 0.3) is 5.70 Å². The van der Waals surface area contributed by atoms with E-state index < -0.39 is 5.92 Å². The first-order valence-corrected chi connectivity index (χ1v) is 9.09. The fraction of sp³-hybridized carbons (Fsp3) is 0.227. The van der Waals surface area contributed by atoms with Gasteiger partial charge in [-0.25, -0.2) is 0 Å². The summed E-state index contributed by atoms with van der Waals surface area (Å²) in [5.74, 6) is -0.652. The van der Waals surface area contributed by atoms with Crippen molar-refractivity contribution in [2.24, 2.45) is 5.92 Å². The van der Waals surface area contributed by atoms with Crippen molar-refractivity contribution in [1.29, 1.82) is 0 Å². The number of nitrogens with one attached hydrogen (secondary N) is 1. The molecule has 4 rings (SSSR count). The molecule has 1 unspecified atom stereocenters. The van der Waals surface area contributed by atoms with Crippen LogP contribution in [0.4, 0.5) is 0 Å².